The van der Waals surface area contributed by atoms with Crippen LogP contribution in [0.2, 0.25) is 0 Å². The first-order valence-electron chi connectivity index (χ1n) is 8.13. The number of hydrogen-bond acceptors (Lipinski definition) is 7. The minimum Gasteiger partial charge on any atom is -0.267 e. The number of nitro benzene ring substituents is 1. The molecule has 1 amide bonds. The highest BCUT2D eigenvalue weighted by molar-refractivity contribution is 7.89. The van der Waals surface area contributed by atoms with Crippen molar-refractivity contribution < 1.29 is 31.3 Å². The Morgan fingerprint density at radius 3 is 2.40 bits per heavy atom. The summed E-state index contributed by atoms with van der Waals surface area (Å²) in [4.78, 5) is 25.8. The Morgan fingerprint density at radius 1 is 1.20 bits per heavy atom. The summed E-state index contributed by atoms with van der Waals surface area (Å²) in [5.74, 6) is -1.61. The van der Waals surface area contributed by atoms with Crippen molar-refractivity contribution in [2.45, 2.75) is 18.9 Å². The lowest BCUT2D eigenvalue weighted by Gasteiger charge is -2.06. The fraction of sp³-hybridized carbons (Fsp3) is 0.176. The van der Waals surface area contributed by atoms with Crippen molar-refractivity contribution in [1.82, 2.24) is 9.71 Å². The van der Waals surface area contributed by atoms with Gasteiger partial charge in [0.25, 0.3) is 11.6 Å². The van der Waals surface area contributed by atoms with Crippen LogP contribution in [0.25, 0.3) is 10.2 Å². The molecule has 1 N–H and O–H groups in total. The molecule has 0 radical (unpaired) electrons. The van der Waals surface area contributed by atoms with Gasteiger partial charge in [0, 0.05) is 17.5 Å². The number of thiophene rings is 1. The molecular formula is C17H12F3N3O5S2. The minimum absolute atomic E-state index is 0.0414. The average molecular weight is 459 g/mol. The number of aryl methyl sites for hydroxylation is 1. The van der Waals surface area contributed by atoms with Gasteiger partial charge in [0.1, 0.15) is 10.5 Å². The number of hydrogen-bond donors (Lipinski definition) is 1. The number of rotatable bonds is 5. The van der Waals surface area contributed by atoms with Crippen molar-refractivity contribution >= 4 is 43.2 Å². The molecule has 3 rings (SSSR count). The van der Waals surface area contributed by atoms with Crippen molar-refractivity contribution in [3.63, 3.8) is 0 Å². The van der Waals surface area contributed by atoms with Crippen LogP contribution in [0.4, 0.5) is 18.9 Å². The average Bonchev–Trinajstić information content (AvgIpc) is 2.97. The quantitative estimate of drug-likeness (QED) is 0.458. The lowest BCUT2D eigenvalue weighted by Crippen LogP contribution is -2.31. The molecule has 0 unspecified atom stereocenters. The predicted molar refractivity (Wildman–Crippen MR) is 103 cm³/mol. The van der Waals surface area contributed by atoms with Gasteiger partial charge in [-0.3, -0.25) is 14.9 Å². The fourth-order valence-corrected chi connectivity index (χ4v) is 4.86. The molecule has 3 aromatic rings. The molecule has 2 heterocycles. The second-order valence-electron chi connectivity index (χ2n) is 6.22. The second kappa shape index (κ2) is 7.65. The Kier molecular flexibility index (Phi) is 5.52. The Hall–Kier alpha value is -3.06. The molecule has 8 nitrogen and oxygen atoms in total. The molecule has 0 saturated heterocycles. The van der Waals surface area contributed by atoms with Gasteiger partial charge >= 0.3 is 6.18 Å². The second-order valence-corrected chi connectivity index (χ2v) is 8.94. The molecule has 0 fully saturated rings. The summed E-state index contributed by atoms with van der Waals surface area (Å²) >= 11 is 0.652. The number of nitrogens with zero attached hydrogens (tertiary/aromatic N) is 2. The van der Waals surface area contributed by atoms with Crippen LogP contribution in [0.3, 0.4) is 0 Å². The first-order valence-corrected chi connectivity index (χ1v) is 10.6. The molecule has 0 bridgehead atoms. The normalized spacial score (nSPS) is 12.1. The highest BCUT2D eigenvalue weighted by atomic mass is 32.2. The van der Waals surface area contributed by atoms with Gasteiger partial charge in [-0.15, -0.1) is 11.3 Å². The first kappa shape index (κ1) is 21.6. The number of non-ortho nitro benzene ring substituents is 1. The molecule has 0 saturated carbocycles. The largest absolute Gasteiger partial charge is 0.433 e. The Morgan fingerprint density at radius 2 is 1.83 bits per heavy atom. The number of aromatic nitrogens is 1. The van der Waals surface area contributed by atoms with E-state index in [1.54, 1.807) is 0 Å². The molecular weight excluding hydrogens is 447 g/mol. The van der Waals surface area contributed by atoms with Crippen LogP contribution in [0.15, 0.2) is 36.4 Å². The molecule has 2 aromatic heterocycles. The van der Waals surface area contributed by atoms with Crippen molar-refractivity contribution in [3.8, 4) is 0 Å². The molecule has 158 valence electrons. The summed E-state index contributed by atoms with van der Waals surface area (Å²) < 4.78 is 64.9. The predicted octanol–water partition coefficient (Wildman–Crippen LogP) is 3.79. The van der Waals surface area contributed by atoms with Gasteiger partial charge in [0.05, 0.1) is 15.6 Å². The lowest BCUT2D eigenvalue weighted by atomic mass is 10.2. The van der Waals surface area contributed by atoms with Gasteiger partial charge in [-0.2, -0.15) is 13.2 Å². The molecule has 30 heavy (non-hydrogen) atoms. The fourth-order valence-electron chi connectivity index (χ4n) is 2.63. The number of halogens is 3. The van der Waals surface area contributed by atoms with Gasteiger partial charge in [0.2, 0.25) is 10.0 Å². The van der Waals surface area contributed by atoms with Crippen molar-refractivity contribution in [2.75, 3.05) is 0 Å². The van der Waals surface area contributed by atoms with E-state index in [2.05, 4.69) is 4.98 Å². The summed E-state index contributed by atoms with van der Waals surface area (Å²) in [6.07, 6.45) is -4.65. The van der Waals surface area contributed by atoms with E-state index in [1.165, 1.54) is 25.1 Å². The third kappa shape index (κ3) is 4.57. The number of carbonyl (C=O) groups is 1. The number of sulfonamides is 1. The zero-order valence-corrected chi connectivity index (χ0v) is 16.7. The van der Waals surface area contributed by atoms with Crippen LogP contribution in [-0.2, 0) is 22.0 Å². The van der Waals surface area contributed by atoms with Gasteiger partial charge in [-0.05, 0) is 30.2 Å². The van der Waals surface area contributed by atoms with Gasteiger partial charge in [-0.25, -0.2) is 18.1 Å². The van der Waals surface area contributed by atoms with Crippen LogP contribution in [0.5, 0.6) is 0 Å². The summed E-state index contributed by atoms with van der Waals surface area (Å²) in [6.45, 7) is 1.48. The van der Waals surface area contributed by atoms with Gasteiger partial charge in [-0.1, -0.05) is 12.1 Å². The summed E-state index contributed by atoms with van der Waals surface area (Å²) in [6, 6.07) is 6.72. The standard InChI is InChI=1S/C17H12F3N3O5S2/c1-9-12-6-7-13(17(18,19)20)21-16(12)29-14(9)15(24)22-30(27,28)8-10-2-4-11(5-3-10)23(25)26/h2-7H,8H2,1H3,(H,22,24). The number of benzene rings is 1. The molecule has 0 aliphatic heterocycles. The maximum Gasteiger partial charge on any atom is 0.433 e. The van der Waals surface area contributed by atoms with E-state index < -0.39 is 38.5 Å². The molecule has 0 spiro atoms. The molecule has 0 aliphatic carbocycles. The van der Waals surface area contributed by atoms with E-state index in [9.17, 15) is 36.5 Å². The smallest absolute Gasteiger partial charge is 0.267 e. The first-order chi connectivity index (χ1) is 13.9. The van der Waals surface area contributed by atoms with Gasteiger partial charge in [0.15, 0.2) is 0 Å². The zero-order valence-electron chi connectivity index (χ0n) is 15.1. The van der Waals surface area contributed by atoms with Crippen LogP contribution in [0, 0.1) is 17.0 Å². The van der Waals surface area contributed by atoms with Crippen molar-refractivity contribution in [1.29, 1.82) is 0 Å². The third-order valence-electron chi connectivity index (χ3n) is 4.05. The number of fused-ring (bicyclic) bond motifs is 1. The highest BCUT2D eigenvalue weighted by Crippen LogP contribution is 2.34. The van der Waals surface area contributed by atoms with Crippen molar-refractivity contribution in [2.24, 2.45) is 0 Å². The van der Waals surface area contributed by atoms with E-state index in [0.29, 0.717) is 22.3 Å². The van der Waals surface area contributed by atoms with E-state index in [0.717, 1.165) is 18.2 Å². The monoisotopic (exact) mass is 459 g/mol. The van der Waals surface area contributed by atoms with E-state index in [4.69, 9.17) is 0 Å². The Bertz CT molecular complexity index is 1250. The highest BCUT2D eigenvalue weighted by Gasteiger charge is 2.33. The van der Waals surface area contributed by atoms with Gasteiger partial charge < -0.3 is 0 Å². The zero-order chi connectivity index (χ0) is 22.3. The van der Waals surface area contributed by atoms with Crippen molar-refractivity contribution in [3.05, 3.63) is 68.2 Å². The topological polar surface area (TPSA) is 119 Å². The van der Waals surface area contributed by atoms with E-state index >= 15 is 0 Å². The Balaban J connectivity index is 1.82. The maximum absolute atomic E-state index is 12.8. The maximum atomic E-state index is 12.8. The Labute approximate surface area is 171 Å². The summed E-state index contributed by atoms with van der Waals surface area (Å²) in [7, 11) is -4.16. The summed E-state index contributed by atoms with van der Waals surface area (Å²) in [5.41, 5.74) is -0.814. The molecule has 1 aromatic carbocycles. The van der Waals surface area contributed by atoms with E-state index in [-0.39, 0.29) is 21.0 Å². The number of carbonyl (C=O) groups excluding carboxylic acids is 1. The van der Waals surface area contributed by atoms with Crippen LogP contribution >= 0.6 is 11.3 Å². The molecule has 0 atom stereocenters. The van der Waals surface area contributed by atoms with Crippen LogP contribution in [0.1, 0.15) is 26.5 Å². The number of alkyl halides is 3. The third-order valence-corrected chi connectivity index (χ3v) is 6.46. The lowest BCUT2D eigenvalue weighted by molar-refractivity contribution is -0.384. The number of nitrogens with one attached hydrogen (secondary N) is 1. The SMILES string of the molecule is Cc1c(C(=O)NS(=O)(=O)Cc2ccc([N+](=O)[O-])cc2)sc2nc(C(F)(F)F)ccc12. The van der Waals surface area contributed by atoms with Crippen LogP contribution in [-0.4, -0.2) is 24.2 Å². The number of nitro groups is 1. The van der Waals surface area contributed by atoms with Crippen LogP contribution < -0.4 is 4.72 Å². The minimum atomic E-state index is -4.65. The number of amides is 1. The van der Waals surface area contributed by atoms with E-state index in [1.807, 2.05) is 4.72 Å². The molecule has 13 heteroatoms. The number of pyridine rings is 1. The summed E-state index contributed by atoms with van der Waals surface area (Å²) in [5, 5.41) is 11.0. The molecule has 0 aliphatic rings.